The number of carbonyl (C=O) groups excluding carboxylic acids is 2. The van der Waals surface area contributed by atoms with Crippen molar-refractivity contribution in [1.82, 2.24) is 14.9 Å². The van der Waals surface area contributed by atoms with Gasteiger partial charge in [-0.1, -0.05) is 18.2 Å². The maximum atomic E-state index is 13.0. The van der Waals surface area contributed by atoms with Gasteiger partial charge in [0.25, 0.3) is 0 Å². The highest BCUT2D eigenvalue weighted by Crippen LogP contribution is 2.26. The SMILES string of the molecule is C=Cc1ncoc1-c1ccc(NC(=O)[C@H]2C[C@@H](OC)CN2C(=O)Nc2ccc(Cl)cc2)nc1. The third-order valence-corrected chi connectivity index (χ3v) is 5.57. The lowest BCUT2D eigenvalue weighted by Gasteiger charge is -2.24. The Kier molecular flexibility index (Phi) is 6.71. The Balaban J connectivity index is 1.45. The second-order valence-electron chi connectivity index (χ2n) is 7.39. The number of benzene rings is 1. The van der Waals surface area contributed by atoms with Crippen molar-refractivity contribution in [2.75, 3.05) is 24.3 Å². The molecule has 3 aromatic rings. The third kappa shape index (κ3) is 5.05. The molecule has 2 N–H and O–H groups in total. The van der Waals surface area contributed by atoms with E-state index < -0.39 is 12.1 Å². The first-order valence-electron chi connectivity index (χ1n) is 10.2. The summed E-state index contributed by atoms with van der Waals surface area (Å²) in [6, 6.07) is 9.03. The topological polar surface area (TPSA) is 110 Å². The molecule has 0 radical (unpaired) electrons. The van der Waals surface area contributed by atoms with Gasteiger partial charge < -0.3 is 24.7 Å². The number of nitrogens with zero attached hydrogens (tertiary/aromatic N) is 3. The Hall–Kier alpha value is -3.69. The number of halogens is 1. The molecular weight excluding hydrogens is 446 g/mol. The van der Waals surface area contributed by atoms with Crippen LogP contribution in [0.3, 0.4) is 0 Å². The Morgan fingerprint density at radius 2 is 2.00 bits per heavy atom. The third-order valence-electron chi connectivity index (χ3n) is 5.32. The number of methoxy groups -OCH3 is 1. The number of rotatable bonds is 6. The molecule has 170 valence electrons. The summed E-state index contributed by atoms with van der Waals surface area (Å²) in [7, 11) is 1.56. The molecule has 0 bridgehead atoms. The number of carbonyl (C=O) groups is 2. The number of likely N-dealkylation sites (tertiary alicyclic amines) is 1. The van der Waals surface area contributed by atoms with Crippen molar-refractivity contribution in [2.24, 2.45) is 0 Å². The average Bonchev–Trinajstić information content (AvgIpc) is 3.48. The van der Waals surface area contributed by atoms with Gasteiger partial charge in [-0.2, -0.15) is 0 Å². The van der Waals surface area contributed by atoms with Crippen LogP contribution in [0.1, 0.15) is 12.1 Å². The molecule has 2 aromatic heterocycles. The van der Waals surface area contributed by atoms with Crippen molar-refractivity contribution in [3.05, 3.63) is 66.3 Å². The van der Waals surface area contributed by atoms with Crippen molar-refractivity contribution in [2.45, 2.75) is 18.6 Å². The smallest absolute Gasteiger partial charge is 0.322 e. The molecule has 0 aliphatic carbocycles. The van der Waals surface area contributed by atoms with Crippen LogP contribution in [0.5, 0.6) is 0 Å². The molecule has 0 spiro atoms. The molecule has 9 nitrogen and oxygen atoms in total. The molecule has 1 aliphatic rings. The van der Waals surface area contributed by atoms with Gasteiger partial charge in [-0.3, -0.25) is 4.79 Å². The van der Waals surface area contributed by atoms with Gasteiger partial charge in [-0.15, -0.1) is 0 Å². The number of anilines is 2. The monoisotopic (exact) mass is 467 g/mol. The Bertz CT molecular complexity index is 1150. The highest BCUT2D eigenvalue weighted by molar-refractivity contribution is 6.30. The Morgan fingerprint density at radius 3 is 2.67 bits per heavy atom. The summed E-state index contributed by atoms with van der Waals surface area (Å²) in [4.78, 5) is 35.7. The van der Waals surface area contributed by atoms with Crippen LogP contribution in [-0.4, -0.2) is 52.6 Å². The van der Waals surface area contributed by atoms with Gasteiger partial charge in [-0.05, 0) is 42.5 Å². The van der Waals surface area contributed by atoms with Crippen LogP contribution in [0.15, 0.2) is 60.0 Å². The van der Waals surface area contributed by atoms with E-state index in [9.17, 15) is 9.59 Å². The average molecular weight is 468 g/mol. The van der Waals surface area contributed by atoms with Crippen LogP contribution >= 0.6 is 11.6 Å². The molecule has 10 heteroatoms. The van der Waals surface area contributed by atoms with Gasteiger partial charge in [0, 0.05) is 42.5 Å². The van der Waals surface area contributed by atoms with Gasteiger partial charge in [0.2, 0.25) is 5.91 Å². The minimum atomic E-state index is -0.717. The summed E-state index contributed by atoms with van der Waals surface area (Å²) < 4.78 is 10.8. The maximum absolute atomic E-state index is 13.0. The first-order valence-corrected chi connectivity index (χ1v) is 10.6. The molecular formula is C23H22ClN5O4. The lowest BCUT2D eigenvalue weighted by molar-refractivity contribution is -0.119. The second kappa shape index (κ2) is 9.85. The molecule has 33 heavy (non-hydrogen) atoms. The van der Waals surface area contributed by atoms with Gasteiger partial charge in [0.05, 0.1) is 6.10 Å². The van der Waals surface area contributed by atoms with Gasteiger partial charge in [0.15, 0.2) is 12.2 Å². The first-order chi connectivity index (χ1) is 16.0. The fourth-order valence-electron chi connectivity index (χ4n) is 3.60. The van der Waals surface area contributed by atoms with Crippen molar-refractivity contribution in [1.29, 1.82) is 0 Å². The van der Waals surface area contributed by atoms with E-state index in [1.54, 1.807) is 55.8 Å². The van der Waals surface area contributed by atoms with Crippen LogP contribution in [-0.2, 0) is 9.53 Å². The minimum absolute atomic E-state index is 0.254. The number of hydrogen-bond acceptors (Lipinski definition) is 6. The zero-order chi connectivity index (χ0) is 23.4. The van der Waals surface area contributed by atoms with Crippen LogP contribution < -0.4 is 10.6 Å². The molecule has 3 amide bonds. The van der Waals surface area contributed by atoms with E-state index in [-0.39, 0.29) is 18.6 Å². The lowest BCUT2D eigenvalue weighted by atomic mass is 10.1. The molecule has 1 fully saturated rings. The van der Waals surface area contributed by atoms with E-state index in [0.717, 1.165) is 0 Å². The summed E-state index contributed by atoms with van der Waals surface area (Å²) in [5, 5.41) is 6.13. The lowest BCUT2D eigenvalue weighted by Crippen LogP contribution is -2.45. The minimum Gasteiger partial charge on any atom is -0.443 e. The molecule has 1 aliphatic heterocycles. The predicted octanol–water partition coefficient (Wildman–Crippen LogP) is 4.29. The van der Waals surface area contributed by atoms with Crippen molar-refractivity contribution in [3.63, 3.8) is 0 Å². The molecule has 4 rings (SSSR count). The van der Waals surface area contributed by atoms with E-state index in [1.807, 2.05) is 0 Å². The number of amides is 3. The van der Waals surface area contributed by atoms with Gasteiger partial charge >= 0.3 is 6.03 Å². The highest BCUT2D eigenvalue weighted by atomic mass is 35.5. The van der Waals surface area contributed by atoms with Crippen molar-refractivity contribution >= 4 is 41.1 Å². The van der Waals surface area contributed by atoms with Crippen molar-refractivity contribution in [3.8, 4) is 11.3 Å². The van der Waals surface area contributed by atoms with Crippen LogP contribution in [0.25, 0.3) is 17.4 Å². The number of hydrogen-bond donors (Lipinski definition) is 2. The van der Waals surface area contributed by atoms with Crippen molar-refractivity contribution < 1.29 is 18.7 Å². The quantitative estimate of drug-likeness (QED) is 0.559. The van der Waals surface area contributed by atoms with E-state index >= 15 is 0 Å². The predicted molar refractivity (Wildman–Crippen MR) is 125 cm³/mol. The summed E-state index contributed by atoms with van der Waals surface area (Å²) >= 11 is 5.90. The number of ether oxygens (including phenoxy) is 1. The zero-order valence-corrected chi connectivity index (χ0v) is 18.6. The number of urea groups is 1. The zero-order valence-electron chi connectivity index (χ0n) is 17.8. The van der Waals surface area contributed by atoms with Gasteiger partial charge in [-0.25, -0.2) is 14.8 Å². The van der Waals surface area contributed by atoms with Crippen LogP contribution in [0.4, 0.5) is 16.3 Å². The molecule has 0 unspecified atom stereocenters. The first kappa shape index (κ1) is 22.5. The number of nitrogens with one attached hydrogen (secondary N) is 2. The van der Waals surface area contributed by atoms with Crippen LogP contribution in [0, 0.1) is 0 Å². The van der Waals surface area contributed by atoms with Crippen LogP contribution in [0.2, 0.25) is 5.02 Å². The second-order valence-corrected chi connectivity index (χ2v) is 7.83. The largest absolute Gasteiger partial charge is 0.443 e. The van der Waals surface area contributed by atoms with E-state index in [1.165, 1.54) is 11.3 Å². The van der Waals surface area contributed by atoms with E-state index in [2.05, 4.69) is 27.2 Å². The number of oxazole rings is 1. The molecule has 3 heterocycles. The molecule has 2 atom stereocenters. The fourth-order valence-corrected chi connectivity index (χ4v) is 3.72. The van der Waals surface area contributed by atoms with Gasteiger partial charge in [0.1, 0.15) is 17.6 Å². The molecule has 1 saturated heterocycles. The Morgan fingerprint density at radius 1 is 1.21 bits per heavy atom. The molecule has 1 aromatic carbocycles. The summed E-state index contributed by atoms with van der Waals surface area (Å²) in [6.07, 6.45) is 4.61. The summed E-state index contributed by atoms with van der Waals surface area (Å²) in [6.45, 7) is 3.99. The fraction of sp³-hybridized carbons (Fsp3) is 0.217. The maximum Gasteiger partial charge on any atom is 0.322 e. The molecule has 0 saturated carbocycles. The number of pyridine rings is 1. The number of aromatic nitrogens is 2. The summed E-state index contributed by atoms with van der Waals surface area (Å²) in [5.74, 6) is 0.536. The Labute approximate surface area is 195 Å². The van der Waals surface area contributed by atoms with E-state index in [4.69, 9.17) is 20.8 Å². The normalized spacial score (nSPS) is 17.6. The standard InChI is InChI=1S/C23H22ClN5O4/c1-3-18-21(33-13-26-18)14-4-9-20(25-11-14)28-22(30)19-10-17(32-2)12-29(19)23(31)27-16-7-5-15(24)6-8-16/h3-9,11,13,17,19H,1,10,12H2,2H3,(H,27,31)(H,25,28,30)/t17-,19-/m1/s1. The van der Waals surface area contributed by atoms with E-state index in [0.29, 0.717) is 40.0 Å². The summed E-state index contributed by atoms with van der Waals surface area (Å²) in [5.41, 5.74) is 1.88. The highest BCUT2D eigenvalue weighted by Gasteiger charge is 2.40.